The Labute approximate surface area is 155 Å². The van der Waals surface area contributed by atoms with Crippen molar-refractivity contribution in [2.24, 2.45) is 0 Å². The van der Waals surface area contributed by atoms with Gasteiger partial charge in [-0.15, -0.1) is 0 Å². The number of carbonyl (C=O) groups is 5. The minimum absolute atomic E-state index is 0.116. The van der Waals surface area contributed by atoms with E-state index in [1.807, 2.05) is 0 Å². The fourth-order valence-electron chi connectivity index (χ4n) is 2.69. The lowest BCUT2D eigenvalue weighted by molar-refractivity contribution is -0.137. The monoisotopic (exact) mass is 388 g/mol. The molecule has 0 saturated heterocycles. The topological polar surface area (TPSA) is 186 Å². The maximum atomic E-state index is 11.8. The third-order valence-electron chi connectivity index (χ3n) is 3.92. The van der Waals surface area contributed by atoms with Gasteiger partial charge in [-0.05, 0) is 35.4 Å². The zero-order valence-corrected chi connectivity index (χ0v) is 13.8. The fraction of sp³-hybridized carbons (Fsp3) is 0.0556. The summed E-state index contributed by atoms with van der Waals surface area (Å²) in [5.41, 5.74) is -2.61. The SMILES string of the molecule is O=C(O)c1ccc(C(C(=O)O)c2ccc(C(=O)O)c(C(=O)O)c2)cc1C(=O)O. The van der Waals surface area contributed by atoms with E-state index in [2.05, 4.69) is 0 Å². The number of aromatic carboxylic acids is 4. The van der Waals surface area contributed by atoms with Crippen molar-refractivity contribution in [3.63, 3.8) is 0 Å². The van der Waals surface area contributed by atoms with Gasteiger partial charge in [-0.3, -0.25) is 4.79 Å². The molecule has 0 aromatic heterocycles. The molecular weight excluding hydrogens is 376 g/mol. The van der Waals surface area contributed by atoms with Crippen LogP contribution in [0.4, 0.5) is 0 Å². The summed E-state index contributed by atoms with van der Waals surface area (Å²) in [6.07, 6.45) is 0. The second-order valence-electron chi connectivity index (χ2n) is 5.60. The number of rotatable bonds is 7. The number of carboxylic acids is 5. The van der Waals surface area contributed by atoms with Crippen LogP contribution in [0, 0.1) is 0 Å². The van der Waals surface area contributed by atoms with E-state index in [9.17, 15) is 39.3 Å². The van der Waals surface area contributed by atoms with Crippen molar-refractivity contribution in [1.82, 2.24) is 0 Å². The maximum absolute atomic E-state index is 11.8. The molecular formula is C18H12O10. The van der Waals surface area contributed by atoms with E-state index in [1.54, 1.807) is 0 Å². The summed E-state index contributed by atoms with van der Waals surface area (Å²) < 4.78 is 0. The molecule has 0 spiro atoms. The largest absolute Gasteiger partial charge is 0.481 e. The normalized spacial score (nSPS) is 10.5. The Kier molecular flexibility index (Phi) is 5.44. The van der Waals surface area contributed by atoms with Crippen LogP contribution in [-0.4, -0.2) is 55.4 Å². The Balaban J connectivity index is 2.69. The predicted molar refractivity (Wildman–Crippen MR) is 90.2 cm³/mol. The highest BCUT2D eigenvalue weighted by Crippen LogP contribution is 2.29. The first-order valence-electron chi connectivity index (χ1n) is 7.48. The minimum Gasteiger partial charge on any atom is -0.481 e. The second-order valence-corrected chi connectivity index (χ2v) is 5.60. The van der Waals surface area contributed by atoms with E-state index in [0.717, 1.165) is 36.4 Å². The van der Waals surface area contributed by atoms with Crippen molar-refractivity contribution in [3.8, 4) is 0 Å². The first kappa shape index (κ1) is 20.1. The summed E-state index contributed by atoms with van der Waals surface area (Å²) in [7, 11) is 0. The molecule has 0 unspecified atom stereocenters. The van der Waals surface area contributed by atoms with E-state index in [1.165, 1.54) is 0 Å². The average molecular weight is 388 g/mol. The molecule has 2 aromatic rings. The zero-order valence-electron chi connectivity index (χ0n) is 13.8. The Morgan fingerprint density at radius 3 is 1.11 bits per heavy atom. The smallest absolute Gasteiger partial charge is 0.336 e. The lowest BCUT2D eigenvalue weighted by atomic mass is 9.87. The van der Waals surface area contributed by atoms with Gasteiger partial charge in [0.2, 0.25) is 0 Å². The Bertz CT molecular complexity index is 946. The Hall–Kier alpha value is -4.21. The molecule has 0 saturated carbocycles. The van der Waals surface area contributed by atoms with Crippen LogP contribution in [0.25, 0.3) is 0 Å². The van der Waals surface area contributed by atoms with Crippen LogP contribution in [0.2, 0.25) is 0 Å². The highest BCUT2D eigenvalue weighted by Gasteiger charge is 2.27. The number of hydrogen-bond donors (Lipinski definition) is 5. The fourth-order valence-corrected chi connectivity index (χ4v) is 2.69. The van der Waals surface area contributed by atoms with Gasteiger partial charge in [-0.1, -0.05) is 12.1 Å². The number of carboxylic acid groups (broad SMARTS) is 5. The van der Waals surface area contributed by atoms with Crippen LogP contribution in [0.3, 0.4) is 0 Å². The number of aliphatic carboxylic acids is 1. The van der Waals surface area contributed by atoms with E-state index in [4.69, 9.17) is 10.2 Å². The Morgan fingerprint density at radius 1 is 0.536 bits per heavy atom. The summed E-state index contributed by atoms with van der Waals surface area (Å²) in [6.45, 7) is 0. The molecule has 0 radical (unpaired) electrons. The molecule has 10 heteroatoms. The first-order chi connectivity index (χ1) is 13.0. The predicted octanol–water partition coefficient (Wildman–Crippen LogP) is 1.70. The molecule has 2 rings (SSSR count). The molecule has 28 heavy (non-hydrogen) atoms. The van der Waals surface area contributed by atoms with Crippen molar-refractivity contribution >= 4 is 29.8 Å². The van der Waals surface area contributed by atoms with Crippen LogP contribution in [-0.2, 0) is 4.79 Å². The summed E-state index contributed by atoms with van der Waals surface area (Å²) in [5, 5.41) is 46.0. The van der Waals surface area contributed by atoms with Gasteiger partial charge in [0.15, 0.2) is 0 Å². The van der Waals surface area contributed by atoms with Gasteiger partial charge < -0.3 is 25.5 Å². The third kappa shape index (κ3) is 3.80. The van der Waals surface area contributed by atoms with Gasteiger partial charge in [0, 0.05) is 0 Å². The summed E-state index contributed by atoms with van der Waals surface area (Å²) in [6, 6.07) is 5.80. The van der Waals surface area contributed by atoms with Crippen molar-refractivity contribution in [2.75, 3.05) is 0 Å². The summed E-state index contributed by atoms with van der Waals surface area (Å²) in [4.78, 5) is 56.7. The molecule has 0 amide bonds. The van der Waals surface area contributed by atoms with Crippen LogP contribution < -0.4 is 0 Å². The molecule has 10 nitrogen and oxygen atoms in total. The molecule has 0 aliphatic carbocycles. The molecule has 0 bridgehead atoms. The molecule has 144 valence electrons. The first-order valence-corrected chi connectivity index (χ1v) is 7.48. The van der Waals surface area contributed by atoms with Crippen LogP contribution >= 0.6 is 0 Å². The molecule has 0 fully saturated rings. The molecule has 5 N–H and O–H groups in total. The Morgan fingerprint density at radius 2 is 0.857 bits per heavy atom. The molecule has 0 aliphatic heterocycles. The van der Waals surface area contributed by atoms with Gasteiger partial charge >= 0.3 is 29.8 Å². The van der Waals surface area contributed by atoms with Crippen molar-refractivity contribution in [2.45, 2.75) is 5.92 Å². The maximum Gasteiger partial charge on any atom is 0.336 e. The second kappa shape index (κ2) is 7.58. The average Bonchev–Trinajstić information content (AvgIpc) is 2.60. The van der Waals surface area contributed by atoms with Crippen molar-refractivity contribution in [1.29, 1.82) is 0 Å². The summed E-state index contributed by atoms with van der Waals surface area (Å²) >= 11 is 0. The molecule has 2 aromatic carbocycles. The van der Waals surface area contributed by atoms with Gasteiger partial charge in [-0.25, -0.2) is 19.2 Å². The number of hydrogen-bond acceptors (Lipinski definition) is 5. The van der Waals surface area contributed by atoms with E-state index in [0.29, 0.717) is 0 Å². The quantitative estimate of drug-likeness (QED) is 0.467. The van der Waals surface area contributed by atoms with Gasteiger partial charge in [0.05, 0.1) is 22.3 Å². The molecule has 0 heterocycles. The van der Waals surface area contributed by atoms with E-state index in [-0.39, 0.29) is 11.1 Å². The van der Waals surface area contributed by atoms with Gasteiger partial charge in [-0.2, -0.15) is 0 Å². The van der Waals surface area contributed by atoms with Crippen LogP contribution in [0.15, 0.2) is 36.4 Å². The molecule has 0 aliphatic rings. The van der Waals surface area contributed by atoms with Crippen LogP contribution in [0.5, 0.6) is 0 Å². The highest BCUT2D eigenvalue weighted by atomic mass is 16.4. The third-order valence-corrected chi connectivity index (χ3v) is 3.92. The van der Waals surface area contributed by atoms with E-state index < -0.39 is 58.0 Å². The van der Waals surface area contributed by atoms with E-state index >= 15 is 0 Å². The summed E-state index contributed by atoms with van der Waals surface area (Å²) in [5.74, 6) is -9.24. The molecule has 0 atom stereocenters. The zero-order chi connectivity index (χ0) is 21.2. The van der Waals surface area contributed by atoms with Crippen molar-refractivity contribution in [3.05, 3.63) is 69.8 Å². The minimum atomic E-state index is -1.59. The van der Waals surface area contributed by atoms with Crippen molar-refractivity contribution < 1.29 is 49.5 Å². The number of benzene rings is 2. The van der Waals surface area contributed by atoms with Gasteiger partial charge in [0.1, 0.15) is 5.92 Å². The lowest BCUT2D eigenvalue weighted by Crippen LogP contribution is -2.17. The standard InChI is InChI=1S/C18H12O10/c19-14(20)9-3-1-7(5-11(9)16(23)24)13(18(27)28)8-2-4-10(15(21)22)12(6-8)17(25)26/h1-6,13H,(H,19,20)(H,21,22)(H,23,24)(H,25,26)(H,27,28). The lowest BCUT2D eigenvalue weighted by Gasteiger charge is -2.16. The van der Waals surface area contributed by atoms with Crippen LogP contribution in [0.1, 0.15) is 58.5 Å². The highest BCUT2D eigenvalue weighted by molar-refractivity contribution is 6.03. The van der Waals surface area contributed by atoms with Gasteiger partial charge in [0.25, 0.3) is 0 Å².